The second-order valence-corrected chi connectivity index (χ2v) is 8.43. The lowest BCUT2D eigenvalue weighted by Crippen LogP contribution is -2.31. The van der Waals surface area contributed by atoms with E-state index in [4.69, 9.17) is 0 Å². The van der Waals surface area contributed by atoms with Crippen LogP contribution in [0, 0.1) is 6.92 Å². The minimum atomic E-state index is -3.71. The number of benzene rings is 1. The van der Waals surface area contributed by atoms with E-state index in [9.17, 15) is 22.0 Å². The Balaban J connectivity index is 1.92. The predicted molar refractivity (Wildman–Crippen MR) is 107 cm³/mol. The number of halogens is 2. The lowest BCUT2D eigenvalue weighted by Gasteiger charge is -2.20. The molecule has 0 aliphatic heterocycles. The largest absolute Gasteiger partial charge is 0.322 e. The molecule has 1 aromatic carbocycles. The van der Waals surface area contributed by atoms with Gasteiger partial charge in [0.1, 0.15) is 0 Å². The number of carbonyl (C=O) groups excluding carboxylic acids is 1. The summed E-state index contributed by atoms with van der Waals surface area (Å²) in [7, 11) is -3.71. The van der Waals surface area contributed by atoms with Crippen LogP contribution in [0.25, 0.3) is 5.65 Å². The van der Waals surface area contributed by atoms with Gasteiger partial charge in [0.25, 0.3) is 12.3 Å². The van der Waals surface area contributed by atoms with Gasteiger partial charge in [0, 0.05) is 25.0 Å². The average molecular weight is 437 g/mol. The van der Waals surface area contributed by atoms with Crippen molar-refractivity contribution in [2.75, 3.05) is 18.4 Å². The van der Waals surface area contributed by atoms with E-state index in [1.807, 2.05) is 0 Å². The van der Waals surface area contributed by atoms with Crippen LogP contribution in [0.4, 0.5) is 14.5 Å². The molecule has 0 atom stereocenters. The molecule has 30 heavy (non-hydrogen) atoms. The molecule has 0 bridgehead atoms. The van der Waals surface area contributed by atoms with Crippen molar-refractivity contribution in [1.29, 1.82) is 0 Å². The van der Waals surface area contributed by atoms with Crippen LogP contribution in [0.5, 0.6) is 0 Å². The summed E-state index contributed by atoms with van der Waals surface area (Å²) in [6, 6.07) is 7.40. The number of amides is 1. The fourth-order valence-corrected chi connectivity index (χ4v) is 4.76. The van der Waals surface area contributed by atoms with Gasteiger partial charge in [-0.3, -0.25) is 9.20 Å². The van der Waals surface area contributed by atoms with Gasteiger partial charge in [0.15, 0.2) is 5.65 Å². The summed E-state index contributed by atoms with van der Waals surface area (Å²) < 4.78 is 54.2. The number of nitrogens with zero attached hydrogens (tertiary/aromatic N) is 4. The maximum absolute atomic E-state index is 13.0. The number of nitrogens with one attached hydrogen (secondary N) is 1. The number of fused-ring (bicyclic) bond motifs is 1. The molecular weight excluding hydrogens is 416 g/mol. The lowest BCUT2D eigenvalue weighted by molar-refractivity contribution is 0.102. The number of anilines is 1. The average Bonchev–Trinajstić information content (AvgIpc) is 3.13. The molecule has 0 saturated carbocycles. The van der Waals surface area contributed by atoms with E-state index in [-0.39, 0.29) is 21.8 Å². The molecule has 0 aliphatic carbocycles. The Morgan fingerprint density at radius 3 is 2.50 bits per heavy atom. The lowest BCUT2D eigenvalue weighted by atomic mass is 10.2. The second-order valence-electron chi connectivity index (χ2n) is 6.53. The molecule has 0 fully saturated rings. The van der Waals surface area contributed by atoms with E-state index in [1.54, 1.807) is 32.9 Å². The third kappa shape index (κ3) is 4.03. The fourth-order valence-electron chi connectivity index (χ4n) is 3.05. The topological polar surface area (TPSA) is 96.7 Å². The number of rotatable bonds is 7. The Morgan fingerprint density at radius 2 is 1.87 bits per heavy atom. The molecule has 160 valence electrons. The zero-order valence-corrected chi connectivity index (χ0v) is 17.4. The Morgan fingerprint density at radius 1 is 1.17 bits per heavy atom. The van der Waals surface area contributed by atoms with E-state index in [0.29, 0.717) is 18.7 Å². The molecular formula is C19H21F2N5O3S. The highest BCUT2D eigenvalue weighted by atomic mass is 32.2. The Hall–Kier alpha value is -2.92. The van der Waals surface area contributed by atoms with Crippen molar-refractivity contribution < 1.29 is 22.0 Å². The number of pyridine rings is 1. The van der Waals surface area contributed by atoms with Crippen molar-refractivity contribution in [2.24, 2.45) is 0 Å². The van der Waals surface area contributed by atoms with Gasteiger partial charge >= 0.3 is 0 Å². The van der Waals surface area contributed by atoms with Gasteiger partial charge in [-0.15, -0.1) is 10.2 Å². The van der Waals surface area contributed by atoms with Crippen LogP contribution >= 0.6 is 0 Å². The molecule has 1 N–H and O–H groups in total. The molecule has 0 saturated heterocycles. The first-order valence-electron chi connectivity index (χ1n) is 9.24. The molecule has 8 nitrogen and oxygen atoms in total. The van der Waals surface area contributed by atoms with E-state index in [0.717, 1.165) is 4.40 Å². The standard InChI is InChI=1S/C19H21F2N5O3S/c1-4-25(5-2)30(28,29)15-10-14(8-6-12(15)3)22-19(27)13-7-9-16-23-24-18(17(20)21)26(16)11-13/h6-11,17H,4-5H2,1-3H3,(H,22,27). The van der Waals surface area contributed by atoms with Crippen LogP contribution < -0.4 is 5.32 Å². The molecule has 3 rings (SSSR count). The highest BCUT2D eigenvalue weighted by Crippen LogP contribution is 2.24. The Labute approximate surface area is 172 Å². The van der Waals surface area contributed by atoms with Crippen molar-refractivity contribution in [3.8, 4) is 0 Å². The number of aromatic nitrogens is 3. The van der Waals surface area contributed by atoms with E-state index < -0.39 is 28.2 Å². The maximum atomic E-state index is 13.0. The number of hydrogen-bond acceptors (Lipinski definition) is 5. The first kappa shape index (κ1) is 21.8. The molecule has 11 heteroatoms. The van der Waals surface area contributed by atoms with Gasteiger partial charge in [-0.25, -0.2) is 17.2 Å². The van der Waals surface area contributed by atoms with Crippen LogP contribution in [0.2, 0.25) is 0 Å². The van der Waals surface area contributed by atoms with Gasteiger partial charge in [0.2, 0.25) is 15.8 Å². The maximum Gasteiger partial charge on any atom is 0.297 e. The highest BCUT2D eigenvalue weighted by molar-refractivity contribution is 7.89. The van der Waals surface area contributed by atoms with Crippen molar-refractivity contribution in [3.05, 3.63) is 53.5 Å². The number of carbonyl (C=O) groups is 1. The quantitative estimate of drug-likeness (QED) is 0.612. The monoisotopic (exact) mass is 437 g/mol. The minimum Gasteiger partial charge on any atom is -0.322 e. The number of aryl methyl sites for hydroxylation is 1. The van der Waals surface area contributed by atoms with Crippen LogP contribution in [0.3, 0.4) is 0 Å². The van der Waals surface area contributed by atoms with Crippen LogP contribution in [0.15, 0.2) is 41.4 Å². The SMILES string of the molecule is CCN(CC)S(=O)(=O)c1cc(NC(=O)c2ccc3nnc(C(F)F)n3c2)ccc1C. The zero-order valence-electron chi connectivity index (χ0n) is 16.6. The normalized spacial score (nSPS) is 12.1. The second kappa shape index (κ2) is 8.44. The third-order valence-electron chi connectivity index (χ3n) is 4.66. The molecule has 3 aromatic rings. The molecule has 0 unspecified atom stereocenters. The summed E-state index contributed by atoms with van der Waals surface area (Å²) in [5.74, 6) is -1.15. The highest BCUT2D eigenvalue weighted by Gasteiger charge is 2.24. The Bertz CT molecular complexity index is 1190. The molecule has 0 radical (unpaired) electrons. The molecule has 0 spiro atoms. The van der Waals surface area contributed by atoms with Gasteiger partial charge in [-0.2, -0.15) is 4.31 Å². The van der Waals surface area contributed by atoms with Gasteiger partial charge in [-0.1, -0.05) is 19.9 Å². The summed E-state index contributed by atoms with van der Waals surface area (Å²) >= 11 is 0. The summed E-state index contributed by atoms with van der Waals surface area (Å²) in [4.78, 5) is 12.7. The summed E-state index contributed by atoms with van der Waals surface area (Å²) in [6.07, 6.45) is -1.63. The summed E-state index contributed by atoms with van der Waals surface area (Å²) in [5, 5.41) is 9.67. The van der Waals surface area contributed by atoms with Crippen molar-refractivity contribution >= 4 is 27.3 Å². The van der Waals surface area contributed by atoms with Crippen LogP contribution in [0.1, 0.15) is 42.0 Å². The van der Waals surface area contributed by atoms with Crippen LogP contribution in [-0.2, 0) is 10.0 Å². The van der Waals surface area contributed by atoms with Crippen LogP contribution in [-0.4, -0.2) is 46.3 Å². The van der Waals surface area contributed by atoms with E-state index in [1.165, 1.54) is 28.7 Å². The number of alkyl halides is 2. The fraction of sp³-hybridized carbons (Fsp3) is 0.316. The van der Waals surface area contributed by atoms with Gasteiger partial charge in [0.05, 0.1) is 10.5 Å². The van der Waals surface area contributed by atoms with E-state index >= 15 is 0 Å². The van der Waals surface area contributed by atoms with Gasteiger partial charge < -0.3 is 5.32 Å². The zero-order chi connectivity index (χ0) is 22.1. The summed E-state index contributed by atoms with van der Waals surface area (Å²) in [6.45, 7) is 5.81. The predicted octanol–water partition coefficient (Wildman–Crippen LogP) is 3.26. The summed E-state index contributed by atoms with van der Waals surface area (Å²) in [5.41, 5.74) is 1.10. The first-order valence-corrected chi connectivity index (χ1v) is 10.7. The van der Waals surface area contributed by atoms with E-state index in [2.05, 4.69) is 15.5 Å². The van der Waals surface area contributed by atoms with Crippen molar-refractivity contribution in [2.45, 2.75) is 32.1 Å². The smallest absolute Gasteiger partial charge is 0.297 e. The first-order chi connectivity index (χ1) is 14.2. The van der Waals surface area contributed by atoms with Crippen molar-refractivity contribution in [1.82, 2.24) is 18.9 Å². The van der Waals surface area contributed by atoms with Crippen molar-refractivity contribution in [3.63, 3.8) is 0 Å². The molecule has 0 aliphatic rings. The van der Waals surface area contributed by atoms with Gasteiger partial charge in [-0.05, 0) is 36.8 Å². The third-order valence-corrected chi connectivity index (χ3v) is 6.85. The number of hydrogen-bond donors (Lipinski definition) is 1. The number of sulfonamides is 1. The molecule has 2 aromatic heterocycles. The Kier molecular flexibility index (Phi) is 6.13. The minimum absolute atomic E-state index is 0.0953. The molecule has 2 heterocycles. The molecule has 1 amide bonds.